The van der Waals surface area contributed by atoms with E-state index in [0.29, 0.717) is 16.5 Å². The Hall–Kier alpha value is -3.59. The molecule has 3 rings (SSSR count). The summed E-state index contributed by atoms with van der Waals surface area (Å²) in [5.41, 5.74) is 0.937. The monoisotopic (exact) mass is 443 g/mol. The maximum Gasteiger partial charge on any atom is 0.324 e. The van der Waals surface area contributed by atoms with Crippen molar-refractivity contribution in [2.75, 3.05) is 18.0 Å². The number of carbonyl (C=O) groups is 2. The van der Waals surface area contributed by atoms with Gasteiger partial charge in [-0.05, 0) is 47.7 Å². The fraction of sp³-hybridized carbons (Fsp3) is 0.182. The fourth-order valence-corrected chi connectivity index (χ4v) is 4.75. The number of aliphatic carboxylic acids is 2. The van der Waals surface area contributed by atoms with Crippen LogP contribution in [0.1, 0.15) is 12.0 Å². The van der Waals surface area contributed by atoms with Gasteiger partial charge in [-0.1, -0.05) is 30.3 Å². The van der Waals surface area contributed by atoms with Crippen molar-refractivity contribution in [2.45, 2.75) is 17.7 Å². The number of carboxylic acid groups (broad SMARTS) is 2. The number of ether oxygens (including phenoxy) is 1. The first kappa shape index (κ1) is 22.1. The van der Waals surface area contributed by atoms with Crippen LogP contribution in [0.15, 0.2) is 65.6 Å². The summed E-state index contributed by atoms with van der Waals surface area (Å²) < 4.78 is 32.6. The van der Waals surface area contributed by atoms with Gasteiger partial charge >= 0.3 is 11.9 Å². The van der Waals surface area contributed by atoms with Gasteiger partial charge in [0.1, 0.15) is 12.3 Å². The molecule has 9 heteroatoms. The van der Waals surface area contributed by atoms with Crippen molar-refractivity contribution >= 4 is 38.4 Å². The van der Waals surface area contributed by atoms with Gasteiger partial charge in [-0.15, -0.1) is 0 Å². The van der Waals surface area contributed by atoms with Crippen LogP contribution in [0, 0.1) is 0 Å². The van der Waals surface area contributed by atoms with E-state index in [1.54, 1.807) is 30.3 Å². The molecule has 0 aromatic heterocycles. The van der Waals surface area contributed by atoms with Crippen LogP contribution >= 0.6 is 0 Å². The molecule has 0 saturated carbocycles. The maximum absolute atomic E-state index is 13.4. The average molecular weight is 443 g/mol. The molecule has 0 atom stereocenters. The second kappa shape index (κ2) is 9.05. The third-order valence-corrected chi connectivity index (χ3v) is 6.57. The third-order valence-electron chi connectivity index (χ3n) is 4.79. The van der Waals surface area contributed by atoms with Gasteiger partial charge in [0.2, 0.25) is 0 Å². The Kier molecular flexibility index (Phi) is 6.45. The molecule has 0 fully saturated rings. The van der Waals surface area contributed by atoms with Gasteiger partial charge in [0.25, 0.3) is 10.0 Å². The highest BCUT2D eigenvalue weighted by Gasteiger charge is 2.28. The van der Waals surface area contributed by atoms with E-state index in [2.05, 4.69) is 0 Å². The van der Waals surface area contributed by atoms with E-state index in [4.69, 9.17) is 9.84 Å². The van der Waals surface area contributed by atoms with Gasteiger partial charge in [0.15, 0.2) is 0 Å². The zero-order valence-electron chi connectivity index (χ0n) is 16.7. The number of hydrogen-bond donors (Lipinski definition) is 2. The van der Waals surface area contributed by atoms with E-state index < -0.39 is 28.5 Å². The molecule has 162 valence electrons. The summed E-state index contributed by atoms with van der Waals surface area (Å²) in [5.74, 6) is -1.78. The van der Waals surface area contributed by atoms with Crippen LogP contribution in [0.2, 0.25) is 0 Å². The zero-order chi connectivity index (χ0) is 22.6. The smallest absolute Gasteiger partial charge is 0.324 e. The van der Waals surface area contributed by atoms with Gasteiger partial charge in [-0.3, -0.25) is 13.9 Å². The lowest BCUT2D eigenvalue weighted by molar-refractivity contribution is -0.137. The second-order valence-electron chi connectivity index (χ2n) is 6.76. The standard InChI is InChI=1S/C22H21NO7S/c1-30-16-8-10-17(11-9-16)31(28,29)23(14-22(26)27)20-12-6-15(7-13-21(24)25)18-4-2-3-5-19(18)20/h2-6,8-12H,7,13-14H2,1H3,(H,24,25)(H,26,27). The highest BCUT2D eigenvalue weighted by molar-refractivity contribution is 7.92. The quantitative estimate of drug-likeness (QED) is 0.521. The first-order valence-electron chi connectivity index (χ1n) is 9.35. The number of aryl methyl sites for hydroxylation is 1. The van der Waals surface area contributed by atoms with E-state index in [-0.39, 0.29) is 23.4 Å². The van der Waals surface area contributed by atoms with Crippen molar-refractivity contribution in [3.8, 4) is 5.75 Å². The number of fused-ring (bicyclic) bond motifs is 1. The Morgan fingerprint density at radius 2 is 1.55 bits per heavy atom. The second-order valence-corrected chi connectivity index (χ2v) is 8.63. The molecule has 0 saturated heterocycles. The largest absolute Gasteiger partial charge is 0.497 e. The van der Waals surface area contributed by atoms with E-state index in [0.717, 1.165) is 9.87 Å². The highest BCUT2D eigenvalue weighted by atomic mass is 32.2. The molecular weight excluding hydrogens is 422 g/mol. The Morgan fingerprint density at radius 3 is 2.13 bits per heavy atom. The zero-order valence-corrected chi connectivity index (χ0v) is 17.5. The number of nitrogens with zero attached hydrogens (tertiary/aromatic N) is 1. The van der Waals surface area contributed by atoms with E-state index in [1.165, 1.54) is 37.4 Å². The summed E-state index contributed by atoms with van der Waals surface area (Å²) in [5, 5.41) is 19.6. The van der Waals surface area contributed by atoms with Gasteiger partial charge in [-0.2, -0.15) is 0 Å². The first-order chi connectivity index (χ1) is 14.7. The average Bonchev–Trinajstić information content (AvgIpc) is 2.75. The number of rotatable bonds is 9. The molecule has 0 heterocycles. The number of benzene rings is 3. The molecule has 2 N–H and O–H groups in total. The van der Waals surface area contributed by atoms with E-state index >= 15 is 0 Å². The minimum atomic E-state index is -4.20. The van der Waals surface area contributed by atoms with Crippen molar-refractivity contribution in [3.63, 3.8) is 0 Å². The molecule has 3 aromatic rings. The summed E-state index contributed by atoms with van der Waals surface area (Å²) in [7, 11) is -2.74. The molecule has 0 bridgehead atoms. The number of hydrogen-bond acceptors (Lipinski definition) is 5. The van der Waals surface area contributed by atoms with Gasteiger partial charge < -0.3 is 14.9 Å². The summed E-state index contributed by atoms with van der Waals surface area (Å²) in [4.78, 5) is 22.5. The third kappa shape index (κ3) is 4.77. The Bertz CT molecular complexity index is 1220. The topological polar surface area (TPSA) is 121 Å². The lowest BCUT2D eigenvalue weighted by Gasteiger charge is -2.25. The predicted octanol–water partition coefficient (Wildman–Crippen LogP) is 3.15. The van der Waals surface area contributed by atoms with E-state index in [1.807, 2.05) is 0 Å². The Morgan fingerprint density at radius 1 is 0.903 bits per heavy atom. The van der Waals surface area contributed by atoms with Crippen LogP contribution in [0.3, 0.4) is 0 Å². The van der Waals surface area contributed by atoms with Gasteiger partial charge in [-0.25, -0.2) is 8.42 Å². The number of sulfonamides is 1. The van der Waals surface area contributed by atoms with Crippen molar-refractivity contribution in [1.82, 2.24) is 0 Å². The number of carboxylic acids is 2. The van der Waals surface area contributed by atoms with Crippen LogP contribution in [-0.2, 0) is 26.0 Å². The summed E-state index contributed by atoms with van der Waals surface area (Å²) in [6.45, 7) is -0.771. The SMILES string of the molecule is COc1ccc(S(=O)(=O)N(CC(=O)O)c2ccc(CCC(=O)O)c3ccccc23)cc1. The minimum absolute atomic E-state index is 0.0754. The summed E-state index contributed by atoms with van der Waals surface area (Å²) in [6, 6.07) is 15.8. The molecule has 0 aliphatic rings. The molecule has 0 aliphatic heterocycles. The molecule has 0 amide bonds. The van der Waals surface area contributed by atoms with Crippen molar-refractivity contribution < 1.29 is 33.0 Å². The predicted molar refractivity (Wildman–Crippen MR) is 115 cm³/mol. The molecule has 31 heavy (non-hydrogen) atoms. The van der Waals surface area contributed by atoms with Crippen LogP contribution in [0.5, 0.6) is 5.75 Å². The molecular formula is C22H21NO7S. The van der Waals surface area contributed by atoms with Gasteiger partial charge in [0.05, 0.1) is 17.7 Å². The molecule has 0 spiro atoms. The lowest BCUT2D eigenvalue weighted by Crippen LogP contribution is -2.36. The maximum atomic E-state index is 13.4. The first-order valence-corrected chi connectivity index (χ1v) is 10.8. The molecule has 8 nitrogen and oxygen atoms in total. The van der Waals surface area contributed by atoms with Gasteiger partial charge in [0, 0.05) is 11.8 Å². The molecule has 3 aromatic carbocycles. The number of methoxy groups -OCH3 is 1. The Balaban J connectivity index is 2.15. The van der Waals surface area contributed by atoms with Crippen LogP contribution in [0.4, 0.5) is 5.69 Å². The normalized spacial score (nSPS) is 11.3. The van der Waals surface area contributed by atoms with Crippen molar-refractivity contribution in [3.05, 3.63) is 66.2 Å². The summed E-state index contributed by atoms with van der Waals surface area (Å²) >= 11 is 0. The summed E-state index contributed by atoms with van der Waals surface area (Å²) in [6.07, 6.45) is 0.187. The fourth-order valence-electron chi connectivity index (χ4n) is 3.32. The van der Waals surface area contributed by atoms with Crippen molar-refractivity contribution in [1.29, 1.82) is 0 Å². The lowest BCUT2D eigenvalue weighted by atomic mass is 9.99. The van der Waals surface area contributed by atoms with Crippen molar-refractivity contribution in [2.24, 2.45) is 0 Å². The Labute approximate surface area is 179 Å². The molecule has 0 unspecified atom stereocenters. The van der Waals surface area contributed by atoms with Crippen LogP contribution in [0.25, 0.3) is 10.8 Å². The van der Waals surface area contributed by atoms with Crippen LogP contribution < -0.4 is 9.04 Å². The minimum Gasteiger partial charge on any atom is -0.497 e. The number of anilines is 1. The molecule has 0 aliphatic carbocycles. The highest BCUT2D eigenvalue weighted by Crippen LogP contribution is 2.33. The van der Waals surface area contributed by atoms with E-state index in [9.17, 15) is 23.1 Å². The molecule has 0 radical (unpaired) electrons. The van der Waals surface area contributed by atoms with Crippen LogP contribution in [-0.4, -0.2) is 44.2 Å².